The van der Waals surface area contributed by atoms with Gasteiger partial charge in [-0.25, -0.2) is 9.78 Å². The summed E-state index contributed by atoms with van der Waals surface area (Å²) >= 11 is 3.32. The molecule has 22 heavy (non-hydrogen) atoms. The van der Waals surface area contributed by atoms with Crippen molar-refractivity contribution in [3.8, 4) is 0 Å². The smallest absolute Gasteiger partial charge is 0.407 e. The van der Waals surface area contributed by atoms with E-state index < -0.39 is 16.2 Å². The highest BCUT2D eigenvalue weighted by atomic mass is 79.9. The van der Waals surface area contributed by atoms with Crippen molar-refractivity contribution in [2.24, 2.45) is 0 Å². The third-order valence-electron chi connectivity index (χ3n) is 3.54. The van der Waals surface area contributed by atoms with Gasteiger partial charge in [-0.2, -0.15) is 8.42 Å². The van der Waals surface area contributed by atoms with Crippen LogP contribution in [0.5, 0.6) is 0 Å². The number of amides is 1. The molecule has 1 amide bonds. The molecule has 0 saturated carbocycles. The molecule has 2 heterocycles. The highest BCUT2D eigenvalue weighted by Gasteiger charge is 2.26. The van der Waals surface area contributed by atoms with Gasteiger partial charge in [0.15, 0.2) is 0 Å². The molecule has 0 aromatic carbocycles. The van der Waals surface area contributed by atoms with Crippen LogP contribution in [-0.2, 0) is 20.8 Å². The first-order valence-electron chi connectivity index (χ1n) is 6.81. The van der Waals surface area contributed by atoms with Gasteiger partial charge in [-0.05, 0) is 28.8 Å². The number of likely N-dealkylation sites (tertiary alicyclic amines) is 1. The molecule has 10 heteroatoms. The fourth-order valence-electron chi connectivity index (χ4n) is 2.52. The van der Waals surface area contributed by atoms with E-state index >= 15 is 0 Å². The van der Waals surface area contributed by atoms with Crippen molar-refractivity contribution in [1.82, 2.24) is 14.5 Å². The molecular formula is C12H18BrN3O5S. The standard InChI is InChI=1S/C12H18BrN3O5S/c1-22(19,20)21-7-6-16-8-10(13)14-11(16)9-2-4-15(5-3-9)12(17)18/h8-9H,2-7H2,1H3,(H,17,18). The molecule has 1 aliphatic rings. The van der Waals surface area contributed by atoms with Gasteiger partial charge in [-0.1, -0.05) is 0 Å². The van der Waals surface area contributed by atoms with Crippen molar-refractivity contribution in [2.45, 2.75) is 25.3 Å². The maximum absolute atomic E-state index is 11.0. The van der Waals surface area contributed by atoms with E-state index in [0.717, 1.165) is 12.1 Å². The first-order valence-corrected chi connectivity index (χ1v) is 9.42. The second-order valence-corrected chi connectivity index (χ2v) is 7.64. The van der Waals surface area contributed by atoms with E-state index in [1.807, 2.05) is 4.57 Å². The van der Waals surface area contributed by atoms with E-state index in [0.29, 0.717) is 37.1 Å². The minimum atomic E-state index is -3.46. The normalized spacial score (nSPS) is 16.9. The van der Waals surface area contributed by atoms with Crippen LogP contribution in [0.3, 0.4) is 0 Å². The van der Waals surface area contributed by atoms with Crippen LogP contribution >= 0.6 is 15.9 Å². The van der Waals surface area contributed by atoms with Crippen LogP contribution in [0.25, 0.3) is 0 Å². The molecule has 1 N–H and O–H groups in total. The van der Waals surface area contributed by atoms with Gasteiger partial charge in [0.25, 0.3) is 10.1 Å². The summed E-state index contributed by atoms with van der Waals surface area (Å²) in [5.74, 6) is 0.981. The second kappa shape index (κ2) is 6.97. The zero-order valence-electron chi connectivity index (χ0n) is 12.1. The van der Waals surface area contributed by atoms with Crippen molar-refractivity contribution >= 4 is 32.1 Å². The van der Waals surface area contributed by atoms with Crippen LogP contribution in [0.15, 0.2) is 10.8 Å². The molecule has 1 aromatic heterocycles. The lowest BCUT2D eigenvalue weighted by atomic mass is 9.96. The van der Waals surface area contributed by atoms with Gasteiger partial charge in [0.05, 0.1) is 12.9 Å². The molecule has 1 saturated heterocycles. The first kappa shape index (κ1) is 17.2. The fraction of sp³-hybridized carbons (Fsp3) is 0.667. The van der Waals surface area contributed by atoms with Crippen molar-refractivity contribution in [2.75, 3.05) is 26.0 Å². The van der Waals surface area contributed by atoms with Crippen molar-refractivity contribution in [3.63, 3.8) is 0 Å². The number of rotatable bonds is 5. The Morgan fingerprint density at radius 3 is 2.68 bits per heavy atom. The zero-order valence-corrected chi connectivity index (χ0v) is 14.5. The lowest BCUT2D eigenvalue weighted by Gasteiger charge is -2.29. The Balaban J connectivity index is 2.01. The number of halogens is 1. The van der Waals surface area contributed by atoms with Gasteiger partial charge in [-0.15, -0.1) is 0 Å². The summed E-state index contributed by atoms with van der Waals surface area (Å²) in [4.78, 5) is 16.8. The largest absolute Gasteiger partial charge is 0.465 e. The Kier molecular flexibility index (Phi) is 5.45. The van der Waals surface area contributed by atoms with Gasteiger partial charge in [0, 0.05) is 31.7 Å². The zero-order chi connectivity index (χ0) is 16.3. The number of carbonyl (C=O) groups is 1. The average Bonchev–Trinajstić information content (AvgIpc) is 2.78. The van der Waals surface area contributed by atoms with Crippen molar-refractivity contribution in [1.29, 1.82) is 0 Å². The molecule has 8 nitrogen and oxygen atoms in total. The van der Waals surface area contributed by atoms with E-state index in [9.17, 15) is 13.2 Å². The maximum atomic E-state index is 11.0. The molecule has 0 aliphatic carbocycles. The number of hydrogen-bond donors (Lipinski definition) is 1. The number of nitrogens with zero attached hydrogens (tertiary/aromatic N) is 3. The van der Waals surface area contributed by atoms with Crippen LogP contribution in [0, 0.1) is 0 Å². The summed E-state index contributed by atoms with van der Waals surface area (Å²) in [7, 11) is -3.46. The Bertz CT molecular complexity index is 637. The summed E-state index contributed by atoms with van der Waals surface area (Å²) in [6.07, 6.45) is 3.29. The molecule has 0 unspecified atom stereocenters. The highest BCUT2D eigenvalue weighted by molar-refractivity contribution is 9.10. The second-order valence-electron chi connectivity index (χ2n) is 5.19. The molecule has 0 atom stereocenters. The van der Waals surface area contributed by atoms with Crippen molar-refractivity contribution < 1.29 is 22.5 Å². The monoisotopic (exact) mass is 395 g/mol. The first-order chi connectivity index (χ1) is 10.3. The molecule has 124 valence electrons. The quantitative estimate of drug-likeness (QED) is 0.757. The van der Waals surface area contributed by atoms with E-state index in [-0.39, 0.29) is 12.5 Å². The summed E-state index contributed by atoms with van der Waals surface area (Å²) in [6.45, 7) is 1.37. The van der Waals surface area contributed by atoms with Gasteiger partial charge < -0.3 is 14.6 Å². The Labute approximate surface area is 137 Å². The van der Waals surface area contributed by atoms with Gasteiger partial charge in [0.1, 0.15) is 10.4 Å². The summed E-state index contributed by atoms with van der Waals surface area (Å²) in [5.41, 5.74) is 0. The minimum absolute atomic E-state index is 0.0443. The van der Waals surface area contributed by atoms with E-state index in [1.54, 1.807) is 6.20 Å². The molecule has 1 aliphatic heterocycles. The molecule has 0 bridgehead atoms. The Morgan fingerprint density at radius 2 is 2.14 bits per heavy atom. The molecule has 0 radical (unpaired) electrons. The lowest BCUT2D eigenvalue weighted by Crippen LogP contribution is -2.37. The van der Waals surface area contributed by atoms with Crippen molar-refractivity contribution in [3.05, 3.63) is 16.6 Å². The van der Waals surface area contributed by atoms with E-state index in [2.05, 4.69) is 20.9 Å². The minimum Gasteiger partial charge on any atom is -0.465 e. The number of imidazole rings is 1. The van der Waals surface area contributed by atoms with Gasteiger partial charge in [-0.3, -0.25) is 4.18 Å². The number of piperidine rings is 1. The van der Waals surface area contributed by atoms with Gasteiger partial charge >= 0.3 is 6.09 Å². The molecule has 1 aromatic rings. The van der Waals surface area contributed by atoms with Crippen LogP contribution in [0.4, 0.5) is 4.79 Å². The lowest BCUT2D eigenvalue weighted by molar-refractivity contribution is 0.131. The predicted octanol–water partition coefficient (Wildman–Crippen LogP) is 1.48. The Morgan fingerprint density at radius 1 is 1.50 bits per heavy atom. The highest BCUT2D eigenvalue weighted by Crippen LogP contribution is 2.28. The number of aromatic nitrogens is 2. The summed E-state index contributed by atoms with van der Waals surface area (Å²) in [6, 6.07) is 0. The van der Waals surface area contributed by atoms with Crippen LogP contribution in [-0.4, -0.2) is 60.0 Å². The van der Waals surface area contributed by atoms with Crippen LogP contribution < -0.4 is 0 Å². The predicted molar refractivity (Wildman–Crippen MR) is 82.3 cm³/mol. The van der Waals surface area contributed by atoms with Crippen LogP contribution in [0.2, 0.25) is 0 Å². The SMILES string of the molecule is CS(=O)(=O)OCCn1cc(Br)nc1C1CCN(C(=O)O)CC1. The molecule has 0 spiro atoms. The third kappa shape index (κ3) is 4.68. The Hall–Kier alpha value is -1.13. The third-order valence-corrected chi connectivity index (χ3v) is 4.52. The van der Waals surface area contributed by atoms with Gasteiger partial charge in [0.2, 0.25) is 0 Å². The average molecular weight is 396 g/mol. The number of hydrogen-bond acceptors (Lipinski definition) is 5. The van der Waals surface area contributed by atoms with Crippen LogP contribution in [0.1, 0.15) is 24.6 Å². The molecule has 2 rings (SSSR count). The molecular weight excluding hydrogens is 378 g/mol. The fourth-order valence-corrected chi connectivity index (χ4v) is 3.32. The van der Waals surface area contributed by atoms with E-state index in [1.165, 1.54) is 4.90 Å². The summed E-state index contributed by atoms with van der Waals surface area (Å²) in [5, 5.41) is 8.97. The maximum Gasteiger partial charge on any atom is 0.407 e. The van der Waals surface area contributed by atoms with E-state index in [4.69, 9.17) is 9.29 Å². The number of carboxylic acid groups (broad SMARTS) is 1. The molecule has 1 fully saturated rings. The topological polar surface area (TPSA) is 102 Å². The summed E-state index contributed by atoms with van der Waals surface area (Å²) < 4.78 is 29.3.